The van der Waals surface area contributed by atoms with Gasteiger partial charge in [-0.05, 0) is 44.0 Å². The number of carbonyl (C=O) groups excluding carboxylic acids is 3. The molecule has 1 aromatic carbocycles. The van der Waals surface area contributed by atoms with Gasteiger partial charge in [0.2, 0.25) is 11.8 Å². The van der Waals surface area contributed by atoms with E-state index in [9.17, 15) is 14.4 Å². The molecule has 0 aliphatic carbocycles. The summed E-state index contributed by atoms with van der Waals surface area (Å²) in [7, 11) is 0. The van der Waals surface area contributed by atoms with Crippen molar-refractivity contribution < 1.29 is 14.4 Å². The Balaban J connectivity index is 1.76. The molecule has 2 fully saturated rings. The molecule has 122 valence electrons. The third kappa shape index (κ3) is 2.93. The van der Waals surface area contributed by atoms with Gasteiger partial charge < -0.3 is 15.1 Å². The van der Waals surface area contributed by atoms with Crippen molar-refractivity contribution in [2.75, 3.05) is 18.4 Å². The molecular formula is C17H21N3O3. The lowest BCUT2D eigenvalue weighted by atomic mass is 10.1. The van der Waals surface area contributed by atoms with Crippen LogP contribution in [0.15, 0.2) is 24.3 Å². The lowest BCUT2D eigenvalue weighted by Gasteiger charge is -2.41. The van der Waals surface area contributed by atoms with E-state index in [0.29, 0.717) is 17.8 Å². The van der Waals surface area contributed by atoms with Gasteiger partial charge in [0.15, 0.2) is 0 Å². The average molecular weight is 315 g/mol. The van der Waals surface area contributed by atoms with Gasteiger partial charge in [-0.15, -0.1) is 0 Å². The summed E-state index contributed by atoms with van der Waals surface area (Å²) < 4.78 is 0. The number of anilines is 1. The Morgan fingerprint density at radius 1 is 1.22 bits per heavy atom. The molecule has 23 heavy (non-hydrogen) atoms. The smallest absolute Gasteiger partial charge is 0.254 e. The number of hydrogen-bond donors (Lipinski definition) is 1. The Bertz CT molecular complexity index is 641. The second-order valence-electron chi connectivity index (χ2n) is 6.22. The average Bonchev–Trinajstić information content (AvgIpc) is 2.99. The quantitative estimate of drug-likeness (QED) is 0.899. The van der Waals surface area contributed by atoms with Crippen LogP contribution < -0.4 is 5.32 Å². The van der Waals surface area contributed by atoms with Crippen LogP contribution in [0.4, 0.5) is 5.69 Å². The van der Waals surface area contributed by atoms with E-state index < -0.39 is 6.04 Å². The van der Waals surface area contributed by atoms with Crippen LogP contribution in [0, 0.1) is 0 Å². The summed E-state index contributed by atoms with van der Waals surface area (Å²) in [6.07, 6.45) is 1.97. The molecular weight excluding hydrogens is 294 g/mol. The van der Waals surface area contributed by atoms with Crippen molar-refractivity contribution in [2.24, 2.45) is 0 Å². The van der Waals surface area contributed by atoms with E-state index in [4.69, 9.17) is 0 Å². The first-order valence-electron chi connectivity index (χ1n) is 7.96. The zero-order chi connectivity index (χ0) is 16.6. The van der Waals surface area contributed by atoms with Crippen molar-refractivity contribution >= 4 is 23.4 Å². The van der Waals surface area contributed by atoms with Crippen LogP contribution >= 0.6 is 0 Å². The number of nitrogens with one attached hydrogen (secondary N) is 1. The highest BCUT2D eigenvalue weighted by molar-refractivity contribution is 5.99. The highest BCUT2D eigenvalue weighted by atomic mass is 16.2. The first kappa shape index (κ1) is 15.5. The molecule has 1 aromatic rings. The fourth-order valence-corrected chi connectivity index (χ4v) is 3.40. The second kappa shape index (κ2) is 6.02. The van der Waals surface area contributed by atoms with Gasteiger partial charge in [0.25, 0.3) is 5.91 Å². The first-order chi connectivity index (χ1) is 11.0. The minimum atomic E-state index is -0.424. The molecule has 0 bridgehead atoms. The predicted octanol–water partition coefficient (Wildman–Crippen LogP) is 1.48. The summed E-state index contributed by atoms with van der Waals surface area (Å²) in [5.41, 5.74) is 1.18. The van der Waals surface area contributed by atoms with Crippen molar-refractivity contribution in [2.45, 2.75) is 38.8 Å². The second-order valence-corrected chi connectivity index (χ2v) is 6.22. The number of rotatable bonds is 2. The highest BCUT2D eigenvalue weighted by Crippen LogP contribution is 2.27. The minimum absolute atomic E-state index is 0.0435. The van der Waals surface area contributed by atoms with E-state index in [1.807, 2.05) is 4.90 Å². The maximum atomic E-state index is 12.7. The Morgan fingerprint density at radius 2 is 1.91 bits per heavy atom. The molecule has 2 atom stereocenters. The number of piperazine rings is 1. The van der Waals surface area contributed by atoms with Gasteiger partial charge in [0.05, 0.1) is 0 Å². The van der Waals surface area contributed by atoms with Gasteiger partial charge in [-0.2, -0.15) is 0 Å². The molecule has 3 rings (SSSR count). The van der Waals surface area contributed by atoms with Crippen LogP contribution in [0.2, 0.25) is 0 Å². The van der Waals surface area contributed by atoms with Crippen LogP contribution in [0.5, 0.6) is 0 Å². The highest BCUT2D eigenvalue weighted by Gasteiger charge is 2.42. The van der Waals surface area contributed by atoms with Gasteiger partial charge >= 0.3 is 0 Å². The largest absolute Gasteiger partial charge is 0.336 e. The molecule has 6 nitrogen and oxygen atoms in total. The molecule has 3 amide bonds. The van der Waals surface area contributed by atoms with Crippen LogP contribution in [-0.2, 0) is 9.59 Å². The zero-order valence-electron chi connectivity index (χ0n) is 13.4. The van der Waals surface area contributed by atoms with Crippen LogP contribution in [0.3, 0.4) is 0 Å². The fraction of sp³-hybridized carbons (Fsp3) is 0.471. The number of nitrogens with zero attached hydrogens (tertiary/aromatic N) is 2. The minimum Gasteiger partial charge on any atom is -0.336 e. The molecule has 0 saturated carbocycles. The van der Waals surface area contributed by atoms with Crippen LogP contribution in [0.25, 0.3) is 0 Å². The van der Waals surface area contributed by atoms with Crippen molar-refractivity contribution in [1.29, 1.82) is 0 Å². The standard InChI is InChI=1S/C17H21N3O3/c1-11-16(22)19-9-3-4-15(19)10-20(11)17(23)13-5-7-14(8-6-13)18-12(2)21/h5-8,11,15H,3-4,9-10H2,1-2H3,(H,18,21)/t11-,15-/m0/s1. The molecule has 1 N–H and O–H groups in total. The van der Waals surface area contributed by atoms with Crippen LogP contribution in [0.1, 0.15) is 37.0 Å². The summed E-state index contributed by atoms with van der Waals surface area (Å²) in [6, 6.07) is 6.51. The topological polar surface area (TPSA) is 69.7 Å². The summed E-state index contributed by atoms with van der Waals surface area (Å²) in [4.78, 5) is 39.8. The molecule has 0 radical (unpaired) electrons. The van der Waals surface area contributed by atoms with Crippen molar-refractivity contribution in [1.82, 2.24) is 9.80 Å². The van der Waals surface area contributed by atoms with Crippen molar-refractivity contribution in [3.8, 4) is 0 Å². The zero-order valence-corrected chi connectivity index (χ0v) is 13.4. The third-order valence-electron chi connectivity index (χ3n) is 4.61. The molecule has 2 aliphatic heterocycles. The lowest BCUT2D eigenvalue weighted by Crippen LogP contribution is -2.60. The van der Waals surface area contributed by atoms with Gasteiger partial charge in [0, 0.05) is 37.3 Å². The van der Waals surface area contributed by atoms with E-state index in [1.165, 1.54) is 6.92 Å². The Morgan fingerprint density at radius 3 is 2.57 bits per heavy atom. The monoisotopic (exact) mass is 315 g/mol. The number of carbonyl (C=O) groups is 3. The molecule has 2 heterocycles. The van der Waals surface area contributed by atoms with Gasteiger partial charge in [0.1, 0.15) is 6.04 Å². The normalized spacial score (nSPS) is 23.7. The molecule has 6 heteroatoms. The number of hydrogen-bond acceptors (Lipinski definition) is 3. The van der Waals surface area contributed by atoms with Crippen LogP contribution in [-0.4, -0.2) is 52.7 Å². The third-order valence-corrected chi connectivity index (χ3v) is 4.61. The van der Waals surface area contributed by atoms with E-state index in [2.05, 4.69) is 5.32 Å². The molecule has 0 aromatic heterocycles. The summed E-state index contributed by atoms with van der Waals surface area (Å²) in [5.74, 6) is -0.241. The number of fused-ring (bicyclic) bond motifs is 1. The molecule has 2 aliphatic rings. The van der Waals surface area contributed by atoms with E-state index >= 15 is 0 Å². The molecule has 2 saturated heterocycles. The summed E-state index contributed by atoms with van der Waals surface area (Å²) in [6.45, 7) is 4.63. The van der Waals surface area contributed by atoms with E-state index in [1.54, 1.807) is 36.1 Å². The Kier molecular flexibility index (Phi) is 4.07. The predicted molar refractivity (Wildman–Crippen MR) is 86.0 cm³/mol. The van der Waals surface area contributed by atoms with Crippen molar-refractivity contribution in [3.63, 3.8) is 0 Å². The summed E-state index contributed by atoms with van der Waals surface area (Å²) in [5, 5.41) is 2.67. The van der Waals surface area contributed by atoms with Crippen molar-refractivity contribution in [3.05, 3.63) is 29.8 Å². The first-order valence-corrected chi connectivity index (χ1v) is 7.96. The van der Waals surface area contributed by atoms with E-state index in [0.717, 1.165) is 19.4 Å². The maximum absolute atomic E-state index is 12.7. The van der Waals surface area contributed by atoms with Gasteiger partial charge in [-0.25, -0.2) is 0 Å². The maximum Gasteiger partial charge on any atom is 0.254 e. The Hall–Kier alpha value is -2.37. The van der Waals surface area contributed by atoms with Gasteiger partial charge in [-0.3, -0.25) is 14.4 Å². The number of amides is 3. The molecule has 0 spiro atoms. The SMILES string of the molecule is CC(=O)Nc1ccc(C(=O)N2C[C@@H]3CCCN3C(=O)[C@@H]2C)cc1. The fourth-order valence-electron chi connectivity index (χ4n) is 3.40. The van der Waals surface area contributed by atoms with Gasteiger partial charge in [-0.1, -0.05) is 0 Å². The summed E-state index contributed by atoms with van der Waals surface area (Å²) >= 11 is 0. The lowest BCUT2D eigenvalue weighted by molar-refractivity contribution is -0.141. The molecule has 0 unspecified atom stereocenters. The van der Waals surface area contributed by atoms with E-state index in [-0.39, 0.29) is 23.8 Å². The number of benzene rings is 1. The Labute approximate surface area is 135 Å².